The monoisotopic (exact) mass is 486 g/mol. The molecule has 0 N–H and O–H groups in total. The van der Waals surface area contributed by atoms with E-state index in [0.29, 0.717) is 5.75 Å². The van der Waals surface area contributed by atoms with Crippen LogP contribution in [0.25, 0.3) is 0 Å². The van der Waals surface area contributed by atoms with Gasteiger partial charge < -0.3 is 9.64 Å². The van der Waals surface area contributed by atoms with Gasteiger partial charge in [-0.2, -0.15) is 4.31 Å². The maximum atomic E-state index is 13.5. The highest BCUT2D eigenvalue weighted by Gasteiger charge is 2.32. The number of thiophene rings is 1. The molecule has 1 aromatic heterocycles. The van der Waals surface area contributed by atoms with Gasteiger partial charge in [-0.15, -0.1) is 11.3 Å². The minimum Gasteiger partial charge on any atom is -0.497 e. The number of halogens is 1. The molecule has 0 aliphatic carbocycles. The number of carbonyl (C=O) groups excluding carboxylic acids is 1. The lowest BCUT2D eigenvalue weighted by Crippen LogP contribution is -2.45. The van der Waals surface area contributed by atoms with Gasteiger partial charge in [0.1, 0.15) is 15.8 Å². The van der Waals surface area contributed by atoms with Crippen molar-refractivity contribution in [3.8, 4) is 5.75 Å². The van der Waals surface area contributed by atoms with Crippen molar-refractivity contribution in [3.63, 3.8) is 0 Å². The first-order valence-corrected chi connectivity index (χ1v) is 12.6. The van der Waals surface area contributed by atoms with Crippen LogP contribution in [0.15, 0.2) is 82.4 Å². The topological polar surface area (TPSA) is 66.9 Å². The van der Waals surface area contributed by atoms with E-state index >= 15 is 0 Å². The Hall–Kier alpha value is -3.01. The minimum absolute atomic E-state index is 0.0863. The molecule has 6 nitrogen and oxygen atoms in total. The molecule has 1 unspecified atom stereocenters. The summed E-state index contributed by atoms with van der Waals surface area (Å²) >= 11 is 1.12. The fourth-order valence-corrected chi connectivity index (χ4v) is 6.14. The molecule has 1 atom stereocenters. The molecule has 9 heteroatoms. The molecule has 0 radical (unpaired) electrons. The Kier molecular flexibility index (Phi) is 6.92. The van der Waals surface area contributed by atoms with E-state index in [1.807, 2.05) is 30.3 Å². The van der Waals surface area contributed by atoms with Crippen LogP contribution in [0.5, 0.6) is 5.75 Å². The SMILES string of the molecule is COc1ccc(C2/C=C\CN(S(=O)(=O)c3cccs3)CC(=O)N2Cc2ccc(F)cc2)cc1. The summed E-state index contributed by atoms with van der Waals surface area (Å²) in [4.78, 5) is 15.1. The molecular formula is C24H23FN2O4S2. The number of benzene rings is 2. The summed E-state index contributed by atoms with van der Waals surface area (Å²) in [7, 11) is -2.22. The third-order valence-corrected chi connectivity index (χ3v) is 8.59. The largest absolute Gasteiger partial charge is 0.497 e. The number of hydrogen-bond acceptors (Lipinski definition) is 5. The van der Waals surface area contributed by atoms with Crippen LogP contribution in [0.3, 0.4) is 0 Å². The summed E-state index contributed by atoms with van der Waals surface area (Å²) in [5, 5.41) is 1.69. The third-order valence-electron chi connectivity index (χ3n) is 5.41. The number of hydrogen-bond donors (Lipinski definition) is 0. The molecule has 1 aliphatic heterocycles. The summed E-state index contributed by atoms with van der Waals surface area (Å²) in [5.41, 5.74) is 1.60. The molecule has 0 saturated carbocycles. The molecular weight excluding hydrogens is 463 g/mol. The van der Waals surface area contributed by atoms with Crippen molar-refractivity contribution in [2.24, 2.45) is 0 Å². The molecule has 2 heterocycles. The van der Waals surface area contributed by atoms with Crippen LogP contribution in [0, 0.1) is 5.82 Å². The average Bonchev–Trinajstić information content (AvgIpc) is 3.36. The van der Waals surface area contributed by atoms with Crippen LogP contribution >= 0.6 is 11.3 Å². The number of carbonyl (C=O) groups is 1. The van der Waals surface area contributed by atoms with Crippen molar-refractivity contribution >= 4 is 27.3 Å². The number of nitrogens with zero attached hydrogens (tertiary/aromatic N) is 2. The fourth-order valence-electron chi connectivity index (χ4n) is 3.66. The van der Waals surface area contributed by atoms with E-state index in [1.54, 1.807) is 41.7 Å². The van der Waals surface area contributed by atoms with Crippen LogP contribution in [0.1, 0.15) is 17.2 Å². The predicted octanol–water partition coefficient (Wildman–Crippen LogP) is 4.23. The number of rotatable bonds is 6. The lowest BCUT2D eigenvalue weighted by Gasteiger charge is -2.34. The number of amides is 1. The third kappa shape index (κ3) is 5.16. The van der Waals surface area contributed by atoms with Crippen molar-refractivity contribution in [2.75, 3.05) is 20.2 Å². The van der Waals surface area contributed by atoms with Crippen molar-refractivity contribution in [3.05, 3.63) is 95.1 Å². The Morgan fingerprint density at radius 3 is 2.45 bits per heavy atom. The normalized spacial score (nSPS) is 18.5. The molecule has 0 spiro atoms. The van der Waals surface area contributed by atoms with Gasteiger partial charge in [0.15, 0.2) is 0 Å². The fraction of sp³-hybridized carbons (Fsp3) is 0.208. The maximum absolute atomic E-state index is 13.5. The lowest BCUT2D eigenvalue weighted by atomic mass is 10.0. The molecule has 172 valence electrons. The molecule has 3 aromatic rings. The Bertz CT molecular complexity index is 1220. The highest BCUT2D eigenvalue weighted by molar-refractivity contribution is 7.91. The van der Waals surface area contributed by atoms with Crippen LogP contribution in [-0.4, -0.2) is 43.7 Å². The van der Waals surface area contributed by atoms with Gasteiger partial charge in [0.05, 0.1) is 19.7 Å². The van der Waals surface area contributed by atoms with E-state index < -0.39 is 16.1 Å². The highest BCUT2D eigenvalue weighted by Crippen LogP contribution is 2.29. The van der Waals surface area contributed by atoms with Gasteiger partial charge in [0.2, 0.25) is 5.91 Å². The van der Waals surface area contributed by atoms with Gasteiger partial charge in [-0.3, -0.25) is 4.79 Å². The van der Waals surface area contributed by atoms with E-state index in [0.717, 1.165) is 22.5 Å². The molecule has 4 rings (SSSR count). The first kappa shape index (κ1) is 23.2. The van der Waals surface area contributed by atoms with Gasteiger partial charge in [-0.05, 0) is 46.8 Å². The molecule has 0 saturated heterocycles. The van der Waals surface area contributed by atoms with Crippen molar-refractivity contribution in [1.29, 1.82) is 0 Å². The van der Waals surface area contributed by atoms with Crippen LogP contribution in [-0.2, 0) is 21.4 Å². The summed E-state index contributed by atoms with van der Waals surface area (Å²) in [6, 6.07) is 16.1. The standard InChI is InChI=1S/C24H23FN2O4S2/c1-31-21-12-8-19(9-13-21)22-4-2-14-26(33(29,30)24-5-3-15-32-24)17-23(28)27(22)16-18-6-10-20(25)11-7-18/h2-13,15,22H,14,16-17H2,1H3/b4-2-. The summed E-state index contributed by atoms with van der Waals surface area (Å²) in [6.07, 6.45) is 3.60. The second kappa shape index (κ2) is 9.86. The van der Waals surface area contributed by atoms with E-state index in [9.17, 15) is 17.6 Å². The lowest BCUT2D eigenvalue weighted by molar-refractivity contribution is -0.133. The second-order valence-electron chi connectivity index (χ2n) is 7.52. The molecule has 1 aliphatic rings. The minimum atomic E-state index is -3.80. The summed E-state index contributed by atoms with van der Waals surface area (Å²) in [5.74, 6) is -0.0135. The van der Waals surface area contributed by atoms with Gasteiger partial charge >= 0.3 is 0 Å². The molecule has 0 fully saturated rings. The average molecular weight is 487 g/mol. The first-order valence-electron chi connectivity index (χ1n) is 10.3. The molecule has 2 aromatic carbocycles. The number of sulfonamides is 1. The van der Waals surface area contributed by atoms with Crippen molar-refractivity contribution < 1.29 is 22.3 Å². The zero-order valence-corrected chi connectivity index (χ0v) is 19.6. The number of methoxy groups -OCH3 is 1. The smallest absolute Gasteiger partial charge is 0.253 e. The van der Waals surface area contributed by atoms with Gasteiger partial charge in [0, 0.05) is 13.1 Å². The first-order chi connectivity index (χ1) is 15.9. The van der Waals surface area contributed by atoms with Gasteiger partial charge in [0.25, 0.3) is 10.0 Å². The Morgan fingerprint density at radius 2 is 1.82 bits per heavy atom. The zero-order chi connectivity index (χ0) is 23.4. The molecule has 33 heavy (non-hydrogen) atoms. The summed E-state index contributed by atoms with van der Waals surface area (Å²) < 4.78 is 46.1. The van der Waals surface area contributed by atoms with E-state index in [1.165, 1.54) is 22.5 Å². The van der Waals surface area contributed by atoms with E-state index in [2.05, 4.69) is 0 Å². The van der Waals surface area contributed by atoms with E-state index in [4.69, 9.17) is 4.74 Å². The predicted molar refractivity (Wildman–Crippen MR) is 125 cm³/mol. The Morgan fingerprint density at radius 1 is 1.09 bits per heavy atom. The van der Waals surface area contributed by atoms with Crippen LogP contribution < -0.4 is 4.74 Å². The van der Waals surface area contributed by atoms with Crippen molar-refractivity contribution in [1.82, 2.24) is 9.21 Å². The molecule has 1 amide bonds. The van der Waals surface area contributed by atoms with E-state index in [-0.39, 0.29) is 35.6 Å². The Balaban J connectivity index is 1.70. The van der Waals surface area contributed by atoms with Crippen LogP contribution in [0.2, 0.25) is 0 Å². The highest BCUT2D eigenvalue weighted by atomic mass is 32.2. The molecule has 0 bridgehead atoms. The van der Waals surface area contributed by atoms with Gasteiger partial charge in [-0.25, -0.2) is 12.8 Å². The van der Waals surface area contributed by atoms with Gasteiger partial charge in [-0.1, -0.05) is 42.5 Å². The summed E-state index contributed by atoms with van der Waals surface area (Å²) in [6.45, 7) is -0.00548. The second-order valence-corrected chi connectivity index (χ2v) is 10.6. The zero-order valence-electron chi connectivity index (χ0n) is 17.9. The quantitative estimate of drug-likeness (QED) is 0.489. The van der Waals surface area contributed by atoms with Crippen LogP contribution in [0.4, 0.5) is 4.39 Å². The Labute approximate surface area is 196 Å². The maximum Gasteiger partial charge on any atom is 0.253 e. The number of ether oxygens (including phenoxy) is 1. The van der Waals surface area contributed by atoms with Crippen molar-refractivity contribution in [2.45, 2.75) is 16.8 Å².